The summed E-state index contributed by atoms with van der Waals surface area (Å²) in [4.78, 5) is 32.1. The molecule has 2 aromatic rings. The number of thiazole rings is 1. The topological polar surface area (TPSA) is 120 Å². The molecule has 2 amide bonds. The summed E-state index contributed by atoms with van der Waals surface area (Å²) >= 11 is 1.45. The Hall–Kier alpha value is -2.98. The number of nitriles is 1. The summed E-state index contributed by atoms with van der Waals surface area (Å²) < 4.78 is 68.7. The molecular weight excluding hydrogens is 541 g/mol. The van der Waals surface area contributed by atoms with Crippen molar-refractivity contribution in [3.63, 3.8) is 0 Å². The number of amides is 2. The first-order valence-electron chi connectivity index (χ1n) is 12.1. The van der Waals surface area contributed by atoms with E-state index < -0.39 is 69.5 Å². The number of aryl methyl sites for hydroxylation is 2. The summed E-state index contributed by atoms with van der Waals surface area (Å²) in [6.45, 7) is 2.94. The van der Waals surface area contributed by atoms with Crippen LogP contribution in [0.3, 0.4) is 0 Å². The third-order valence-corrected chi connectivity index (χ3v) is 10.9. The van der Waals surface area contributed by atoms with E-state index in [0.29, 0.717) is 18.4 Å². The maximum atomic E-state index is 13.8. The van der Waals surface area contributed by atoms with Crippen molar-refractivity contribution in [3.05, 3.63) is 35.0 Å². The number of nitrogens with zero attached hydrogens (tertiary/aromatic N) is 3. The number of carbonyl (C=O) groups is 2. The molecule has 8 nitrogen and oxygen atoms in total. The van der Waals surface area contributed by atoms with Crippen LogP contribution in [-0.2, 0) is 19.4 Å². The van der Waals surface area contributed by atoms with Gasteiger partial charge >= 0.3 is 6.18 Å². The molecule has 2 aliphatic carbocycles. The summed E-state index contributed by atoms with van der Waals surface area (Å²) in [5, 5.41) is 11.4. The number of nitrogens with one attached hydrogen (secondary N) is 1. The first kappa shape index (κ1) is 26.6. The van der Waals surface area contributed by atoms with Crippen LogP contribution in [-0.4, -0.2) is 59.7 Å². The van der Waals surface area contributed by atoms with E-state index >= 15 is 0 Å². The molecule has 2 heterocycles. The molecule has 1 N–H and O–H groups in total. The summed E-state index contributed by atoms with van der Waals surface area (Å²) in [6, 6.07) is 5.34. The number of rotatable bonds is 6. The van der Waals surface area contributed by atoms with E-state index in [1.807, 2.05) is 13.0 Å². The lowest BCUT2D eigenvalue weighted by Gasteiger charge is -2.29. The van der Waals surface area contributed by atoms with Gasteiger partial charge in [-0.3, -0.25) is 9.59 Å². The van der Waals surface area contributed by atoms with Gasteiger partial charge in [0.05, 0.1) is 26.1 Å². The Bertz CT molecular complexity index is 1470. The molecule has 5 rings (SSSR count). The normalized spacial score (nSPS) is 23.5. The van der Waals surface area contributed by atoms with Crippen molar-refractivity contribution in [2.45, 2.75) is 73.9 Å². The van der Waals surface area contributed by atoms with Crippen molar-refractivity contribution >= 4 is 33.0 Å². The monoisotopic (exact) mass is 566 g/mol. The third-order valence-electron chi connectivity index (χ3n) is 7.68. The lowest BCUT2D eigenvalue weighted by molar-refractivity contribution is -0.199. The van der Waals surface area contributed by atoms with Gasteiger partial charge in [0, 0.05) is 12.7 Å². The number of hydrogen-bond donors (Lipinski definition) is 1. The fourth-order valence-corrected chi connectivity index (χ4v) is 7.71. The number of halogens is 3. The number of carbonyl (C=O) groups excluding carboxylic acids is 2. The molecule has 3 aliphatic rings. The summed E-state index contributed by atoms with van der Waals surface area (Å²) in [7, 11) is -4.12. The highest BCUT2D eigenvalue weighted by Crippen LogP contribution is 2.59. The van der Waals surface area contributed by atoms with Crippen LogP contribution in [0.15, 0.2) is 29.3 Å². The van der Waals surface area contributed by atoms with Crippen LogP contribution < -0.4 is 5.32 Å². The van der Waals surface area contributed by atoms with Crippen LogP contribution in [0, 0.1) is 30.6 Å². The Morgan fingerprint density at radius 2 is 1.89 bits per heavy atom. The van der Waals surface area contributed by atoms with E-state index in [4.69, 9.17) is 0 Å². The Morgan fingerprint density at radius 3 is 2.39 bits per heavy atom. The van der Waals surface area contributed by atoms with Gasteiger partial charge in [-0.05, 0) is 69.2 Å². The average molecular weight is 567 g/mol. The smallest absolute Gasteiger partial charge is 0.336 e. The van der Waals surface area contributed by atoms with Crippen LogP contribution in [0.4, 0.5) is 13.2 Å². The van der Waals surface area contributed by atoms with Crippen LogP contribution >= 0.6 is 11.3 Å². The zero-order valence-corrected chi connectivity index (χ0v) is 22.3. The molecule has 0 bridgehead atoms. The van der Waals surface area contributed by atoms with Crippen molar-refractivity contribution in [2.75, 3.05) is 6.54 Å². The first-order chi connectivity index (χ1) is 17.7. The quantitative estimate of drug-likeness (QED) is 0.570. The van der Waals surface area contributed by atoms with E-state index in [-0.39, 0.29) is 11.3 Å². The van der Waals surface area contributed by atoms with Gasteiger partial charge in [-0.2, -0.15) is 18.4 Å². The zero-order valence-electron chi connectivity index (χ0n) is 20.6. The van der Waals surface area contributed by atoms with E-state index in [0.717, 1.165) is 20.3 Å². The van der Waals surface area contributed by atoms with Crippen molar-refractivity contribution in [1.29, 1.82) is 5.26 Å². The molecule has 1 saturated heterocycles. The van der Waals surface area contributed by atoms with Gasteiger partial charge in [0.15, 0.2) is 9.84 Å². The average Bonchev–Trinajstić information content (AvgIpc) is 3.73. The van der Waals surface area contributed by atoms with E-state index in [1.54, 1.807) is 25.3 Å². The van der Waals surface area contributed by atoms with E-state index in [2.05, 4.69) is 10.3 Å². The lowest BCUT2D eigenvalue weighted by atomic mass is 10.0. The van der Waals surface area contributed by atoms with E-state index in [9.17, 15) is 36.4 Å². The predicted octanol–water partition coefficient (Wildman–Crippen LogP) is 3.69. The Kier molecular flexibility index (Phi) is 6.15. The van der Waals surface area contributed by atoms with E-state index in [1.165, 1.54) is 17.4 Å². The summed E-state index contributed by atoms with van der Waals surface area (Å²) in [5.41, 5.74) is -2.50. The molecule has 2 saturated carbocycles. The fraction of sp³-hybridized carbons (Fsp3) is 0.520. The molecule has 202 valence electrons. The highest BCUT2D eigenvalue weighted by atomic mass is 32.2. The van der Waals surface area contributed by atoms with Crippen LogP contribution in [0.2, 0.25) is 0 Å². The van der Waals surface area contributed by atoms with Gasteiger partial charge in [-0.25, -0.2) is 13.4 Å². The predicted molar refractivity (Wildman–Crippen MR) is 132 cm³/mol. The second kappa shape index (κ2) is 8.77. The molecule has 1 aromatic heterocycles. The Balaban J connectivity index is 1.45. The molecule has 1 aromatic carbocycles. The number of hydrogen-bond acceptors (Lipinski definition) is 7. The standard InChI is InChI=1S/C25H25F3N4O4S2/c1-14-9-16(19-11-30-15(2)37-19)3-4-20(14)38(35,36)17-10-18(21(33)31-23(13-29)5-6-23)32(12-17)22(34)24(7-8-24)25(26,27)28/h3-4,9,11,17-18H,5-8,10,12H2,1-2H3,(H,31,33)/t17-,18+/m1/s1. The van der Waals surface area contributed by atoms with Gasteiger partial charge in [-0.1, -0.05) is 6.07 Å². The molecule has 0 unspecified atom stereocenters. The highest BCUT2D eigenvalue weighted by Gasteiger charge is 2.70. The molecule has 38 heavy (non-hydrogen) atoms. The van der Waals surface area contributed by atoms with Crippen molar-refractivity contribution in [1.82, 2.24) is 15.2 Å². The Labute approximate surface area is 221 Å². The SMILES string of the molecule is Cc1ncc(-c2ccc(S(=O)(=O)[C@@H]3C[C@@H](C(=O)NC4(C#N)CC4)N(C(=O)C4(C(F)(F)F)CC4)C3)c(C)c2)s1. The number of benzene rings is 1. The molecule has 1 aliphatic heterocycles. The molecular formula is C25H25F3N4O4S2. The number of aromatic nitrogens is 1. The minimum Gasteiger partial charge on any atom is -0.336 e. The molecule has 0 spiro atoms. The van der Waals surface area contributed by atoms with Gasteiger partial charge in [-0.15, -0.1) is 11.3 Å². The number of likely N-dealkylation sites (tertiary alicyclic amines) is 1. The fourth-order valence-electron chi connectivity index (χ4n) is 5.02. The molecule has 13 heteroatoms. The summed E-state index contributed by atoms with van der Waals surface area (Å²) in [5.74, 6) is -2.09. The third kappa shape index (κ3) is 4.37. The van der Waals surface area contributed by atoms with Gasteiger partial charge < -0.3 is 10.2 Å². The van der Waals surface area contributed by atoms with Gasteiger partial charge in [0.2, 0.25) is 11.8 Å². The van der Waals surface area contributed by atoms with Crippen molar-refractivity contribution in [3.8, 4) is 16.5 Å². The van der Waals surface area contributed by atoms with Crippen LogP contribution in [0.1, 0.15) is 42.7 Å². The number of alkyl halides is 3. The van der Waals surface area contributed by atoms with Crippen molar-refractivity contribution < 1.29 is 31.2 Å². The minimum atomic E-state index is -4.81. The van der Waals surface area contributed by atoms with Gasteiger partial charge in [0.25, 0.3) is 0 Å². The molecule has 3 fully saturated rings. The molecule has 0 radical (unpaired) electrons. The largest absolute Gasteiger partial charge is 0.403 e. The highest BCUT2D eigenvalue weighted by molar-refractivity contribution is 7.92. The van der Waals surface area contributed by atoms with Crippen molar-refractivity contribution in [2.24, 2.45) is 5.41 Å². The number of sulfone groups is 1. The Morgan fingerprint density at radius 1 is 1.21 bits per heavy atom. The van der Waals surface area contributed by atoms with Crippen LogP contribution in [0.5, 0.6) is 0 Å². The molecule has 2 atom stereocenters. The van der Waals surface area contributed by atoms with Crippen LogP contribution in [0.25, 0.3) is 10.4 Å². The summed E-state index contributed by atoms with van der Waals surface area (Å²) in [6.07, 6.45) is -3.52. The lowest BCUT2D eigenvalue weighted by Crippen LogP contribution is -2.53. The second-order valence-electron chi connectivity index (χ2n) is 10.4. The second-order valence-corrected chi connectivity index (χ2v) is 13.8. The van der Waals surface area contributed by atoms with Gasteiger partial charge in [0.1, 0.15) is 17.0 Å². The first-order valence-corrected chi connectivity index (χ1v) is 14.5. The maximum absolute atomic E-state index is 13.8. The zero-order chi connectivity index (χ0) is 27.7. The maximum Gasteiger partial charge on any atom is 0.403 e. The minimum absolute atomic E-state index is 0.00594.